The normalized spacial score (nSPS) is 33.0. The van der Waals surface area contributed by atoms with E-state index in [-0.39, 0.29) is 22.2 Å². The van der Waals surface area contributed by atoms with Crippen molar-refractivity contribution in [2.75, 3.05) is 11.4 Å². The number of rotatable bonds is 5. The molecule has 1 heterocycles. The number of hydrogen-bond acceptors (Lipinski definition) is 5. The van der Waals surface area contributed by atoms with Crippen LogP contribution in [0.5, 0.6) is 0 Å². The maximum absolute atomic E-state index is 14.5. The summed E-state index contributed by atoms with van der Waals surface area (Å²) in [5, 5.41) is 18.9. The minimum atomic E-state index is -1.13. The molecule has 208 valence electrons. The quantitative estimate of drug-likeness (QED) is 0.477. The monoisotopic (exact) mass is 533 g/mol. The number of alkyl halides is 1. The van der Waals surface area contributed by atoms with E-state index in [9.17, 15) is 14.3 Å². The van der Waals surface area contributed by atoms with Gasteiger partial charge in [0.1, 0.15) is 11.3 Å². The van der Waals surface area contributed by atoms with E-state index >= 15 is 0 Å². The summed E-state index contributed by atoms with van der Waals surface area (Å²) >= 11 is 0. The molecule has 6 fully saturated rings. The lowest BCUT2D eigenvalue weighted by molar-refractivity contribution is -0.211. The highest BCUT2D eigenvalue weighted by molar-refractivity contribution is 6.00. The van der Waals surface area contributed by atoms with Crippen molar-refractivity contribution in [3.05, 3.63) is 41.6 Å². The molecule has 4 bridgehead atoms. The van der Waals surface area contributed by atoms with Crippen molar-refractivity contribution in [1.82, 2.24) is 10.2 Å². The maximum atomic E-state index is 14.5. The minimum absolute atomic E-state index is 0.00992. The van der Waals surface area contributed by atoms with Crippen LogP contribution in [0.15, 0.2) is 28.7 Å². The van der Waals surface area contributed by atoms with E-state index < -0.39 is 16.7 Å². The average molecular weight is 534 g/mol. The number of fused-ring (bicyclic) bond motifs is 3. The van der Waals surface area contributed by atoms with Crippen LogP contribution in [-0.2, 0) is 15.6 Å². The fourth-order valence-corrected chi connectivity index (χ4v) is 7.33. The highest BCUT2D eigenvalue weighted by atomic mass is 19.1. The molecule has 0 radical (unpaired) electrons. The molecule has 0 unspecified atom stereocenters. The van der Waals surface area contributed by atoms with Crippen molar-refractivity contribution in [2.45, 2.75) is 115 Å². The molecule has 1 aromatic heterocycles. The van der Waals surface area contributed by atoms with E-state index in [2.05, 4.69) is 42.8 Å². The summed E-state index contributed by atoms with van der Waals surface area (Å²) in [7, 11) is 0. The molecule has 8 rings (SSSR count). The molecule has 39 heavy (non-hydrogen) atoms. The lowest BCUT2D eigenvalue weighted by atomic mass is 9.41. The second-order valence-corrected chi connectivity index (χ2v) is 14.7. The highest BCUT2D eigenvalue weighted by Crippen LogP contribution is 2.70. The van der Waals surface area contributed by atoms with Gasteiger partial charge in [0.2, 0.25) is 17.7 Å². The fourth-order valence-electron chi connectivity index (χ4n) is 7.33. The highest BCUT2D eigenvalue weighted by Gasteiger charge is 2.73. The molecule has 6 saturated carbocycles. The summed E-state index contributed by atoms with van der Waals surface area (Å²) in [6, 6.07) is 7.71. The van der Waals surface area contributed by atoms with Crippen LogP contribution < -0.4 is 4.90 Å². The predicted octanol–water partition coefficient (Wildman–Crippen LogP) is 6.01. The van der Waals surface area contributed by atoms with Crippen LogP contribution in [-0.4, -0.2) is 39.0 Å². The molecule has 2 aromatic rings. The van der Waals surface area contributed by atoms with Gasteiger partial charge in [-0.2, -0.15) is 0 Å². The molecule has 0 aliphatic heterocycles. The molecule has 1 aromatic carbocycles. The molecule has 1 N–H and O–H groups in total. The number of aliphatic hydroxyl groups is 1. The summed E-state index contributed by atoms with van der Waals surface area (Å²) in [6.45, 7) is 10.2. The van der Waals surface area contributed by atoms with Gasteiger partial charge < -0.3 is 14.4 Å². The van der Waals surface area contributed by atoms with Crippen LogP contribution in [0.25, 0.3) is 0 Å². The Kier molecular flexibility index (Phi) is 5.70. The Morgan fingerprint density at radius 1 is 1.05 bits per heavy atom. The third-order valence-corrected chi connectivity index (χ3v) is 9.75. The summed E-state index contributed by atoms with van der Waals surface area (Å²) in [5.74, 6) is 7.43. The number of halogens is 1. The van der Waals surface area contributed by atoms with E-state index in [0.29, 0.717) is 31.7 Å². The first-order valence-corrected chi connectivity index (χ1v) is 14.4. The van der Waals surface area contributed by atoms with E-state index in [0.717, 1.165) is 55.7 Å². The molecule has 6 aliphatic rings. The smallest absolute Gasteiger partial charge is 0.233 e. The Balaban J connectivity index is 1.25. The van der Waals surface area contributed by atoms with Crippen LogP contribution >= 0.6 is 0 Å². The van der Waals surface area contributed by atoms with Crippen molar-refractivity contribution < 1.29 is 18.7 Å². The predicted molar refractivity (Wildman–Crippen MR) is 147 cm³/mol. The number of anilines is 1. The third kappa shape index (κ3) is 4.59. The van der Waals surface area contributed by atoms with Crippen LogP contribution in [0, 0.1) is 22.7 Å². The zero-order chi connectivity index (χ0) is 27.9. The van der Waals surface area contributed by atoms with Gasteiger partial charge in [-0.05, 0) is 95.2 Å². The molecule has 0 saturated heterocycles. The van der Waals surface area contributed by atoms with Crippen LogP contribution in [0.1, 0.15) is 110 Å². The van der Waals surface area contributed by atoms with E-state index in [1.54, 1.807) is 13.8 Å². The van der Waals surface area contributed by atoms with Crippen molar-refractivity contribution >= 4 is 11.6 Å². The van der Waals surface area contributed by atoms with Gasteiger partial charge >= 0.3 is 0 Å². The summed E-state index contributed by atoms with van der Waals surface area (Å²) in [5.41, 5.74) is -1.48. The average Bonchev–Trinajstić information content (AvgIpc) is 3.36. The molecule has 1 amide bonds. The zero-order valence-electron chi connectivity index (χ0n) is 23.9. The molecule has 6 nitrogen and oxygen atoms in total. The summed E-state index contributed by atoms with van der Waals surface area (Å²) in [4.78, 5) is 16.0. The Hall–Kier alpha value is -2.72. The first-order valence-electron chi connectivity index (χ1n) is 14.4. The SMILES string of the molecule is CC(C)(O)C#Cc1cccc(N(CC23CCC(c4nnc(C(C)(C)C)o4)(CC2)CC3)C(=O)C23CC(F)(C2)C3)c1. The maximum Gasteiger partial charge on any atom is 0.233 e. The Morgan fingerprint density at radius 2 is 1.69 bits per heavy atom. The van der Waals surface area contributed by atoms with Gasteiger partial charge in [0.05, 0.1) is 5.41 Å². The van der Waals surface area contributed by atoms with Crippen molar-refractivity contribution in [1.29, 1.82) is 0 Å². The number of nitrogens with zero attached hydrogens (tertiary/aromatic N) is 3. The molecular weight excluding hydrogens is 493 g/mol. The molecule has 6 aliphatic carbocycles. The van der Waals surface area contributed by atoms with Gasteiger partial charge in [-0.15, -0.1) is 10.2 Å². The first-order chi connectivity index (χ1) is 18.1. The molecule has 0 spiro atoms. The van der Waals surface area contributed by atoms with Crippen molar-refractivity contribution in [3.63, 3.8) is 0 Å². The Bertz CT molecular complexity index is 1320. The van der Waals surface area contributed by atoms with Crippen molar-refractivity contribution in [2.24, 2.45) is 10.8 Å². The molecule has 7 heteroatoms. The van der Waals surface area contributed by atoms with Gasteiger partial charge in [0.25, 0.3) is 0 Å². The molecular formula is C32H40FN3O3. The zero-order valence-corrected chi connectivity index (χ0v) is 23.9. The minimum Gasteiger partial charge on any atom is -0.424 e. The number of aromatic nitrogens is 2. The van der Waals surface area contributed by atoms with Gasteiger partial charge in [-0.3, -0.25) is 4.79 Å². The largest absolute Gasteiger partial charge is 0.424 e. The van der Waals surface area contributed by atoms with Gasteiger partial charge in [0.15, 0.2) is 0 Å². The first kappa shape index (κ1) is 26.5. The topological polar surface area (TPSA) is 79.5 Å². The van der Waals surface area contributed by atoms with Gasteiger partial charge in [-0.25, -0.2) is 4.39 Å². The van der Waals surface area contributed by atoms with Gasteiger partial charge in [0, 0.05) is 28.6 Å². The third-order valence-electron chi connectivity index (χ3n) is 9.75. The number of hydrogen-bond donors (Lipinski definition) is 1. The second-order valence-electron chi connectivity index (χ2n) is 14.7. The molecule has 0 atom stereocenters. The number of carbonyl (C=O) groups excluding carboxylic acids is 1. The van der Waals surface area contributed by atoms with Crippen LogP contribution in [0.4, 0.5) is 10.1 Å². The van der Waals surface area contributed by atoms with Gasteiger partial charge in [-0.1, -0.05) is 38.7 Å². The lowest BCUT2D eigenvalue weighted by Gasteiger charge is -2.65. The summed E-state index contributed by atoms with van der Waals surface area (Å²) < 4.78 is 20.7. The van der Waals surface area contributed by atoms with Crippen molar-refractivity contribution in [3.8, 4) is 11.8 Å². The van der Waals surface area contributed by atoms with Crippen LogP contribution in [0.3, 0.4) is 0 Å². The number of amides is 1. The van der Waals surface area contributed by atoms with E-state index in [1.807, 2.05) is 29.2 Å². The van der Waals surface area contributed by atoms with E-state index in [4.69, 9.17) is 4.42 Å². The Morgan fingerprint density at radius 3 is 2.23 bits per heavy atom. The Labute approximate surface area is 230 Å². The number of carbonyl (C=O) groups is 1. The lowest BCUT2D eigenvalue weighted by Crippen LogP contribution is -2.71. The summed E-state index contributed by atoms with van der Waals surface area (Å²) in [6.07, 6.45) is 6.90. The standard InChI is InChI=1S/C32H40FN3O3/c1-27(2,3)24-34-35-25(39-24)30-14-11-29(12-15-30,13-16-30)21-36(26(37)31-18-32(33,19-31)20-31)23-8-6-7-22(17-23)9-10-28(4,5)38/h6-8,17,38H,11-16,18-21H2,1-5H3. The second kappa shape index (κ2) is 8.39. The number of benzene rings is 1. The van der Waals surface area contributed by atoms with E-state index in [1.165, 1.54) is 0 Å². The fraction of sp³-hybridized carbons (Fsp3) is 0.656. The van der Waals surface area contributed by atoms with Crippen LogP contribution in [0.2, 0.25) is 0 Å².